The standard InChI is InChI=1S/C5H9NO2SSi/c1-9-8-10-4-2-3-6-5-7/h2-4H2,1H3. The van der Waals surface area contributed by atoms with E-state index in [1.165, 1.54) is 18.1 Å². The molecular weight excluding hydrogens is 166 g/mol. The molecule has 0 heterocycles. The zero-order valence-electron chi connectivity index (χ0n) is 5.79. The average Bonchev–Trinajstić information content (AvgIpc) is 1.97. The maximum absolute atomic E-state index is 9.57. The molecule has 0 unspecified atom stereocenters. The highest BCUT2D eigenvalue weighted by Crippen LogP contribution is 1.96. The topological polar surface area (TPSA) is 38.7 Å². The highest BCUT2D eigenvalue weighted by molar-refractivity contribution is 7.94. The summed E-state index contributed by atoms with van der Waals surface area (Å²) in [7, 11) is 0.517. The van der Waals surface area contributed by atoms with Crippen LogP contribution in [0.5, 0.6) is 0 Å². The second kappa shape index (κ2) is 8.91. The van der Waals surface area contributed by atoms with Gasteiger partial charge in [-0.2, -0.15) is 0 Å². The molecule has 0 amide bonds. The SMILES string of the molecule is CSO[Si]CCCN=C=O. The van der Waals surface area contributed by atoms with Crippen LogP contribution in [0, 0.1) is 0 Å². The van der Waals surface area contributed by atoms with Gasteiger partial charge in [-0.05, 0) is 24.5 Å². The molecule has 0 spiro atoms. The van der Waals surface area contributed by atoms with Gasteiger partial charge in [0, 0.05) is 6.26 Å². The lowest BCUT2D eigenvalue weighted by Gasteiger charge is -1.93. The normalized spacial score (nSPS) is 8.90. The zero-order chi connectivity index (χ0) is 7.66. The van der Waals surface area contributed by atoms with Crippen LogP contribution in [0.3, 0.4) is 0 Å². The smallest absolute Gasteiger partial charge is 0.251 e. The van der Waals surface area contributed by atoms with Gasteiger partial charge >= 0.3 is 0 Å². The van der Waals surface area contributed by atoms with Gasteiger partial charge in [-0.25, -0.2) is 9.79 Å². The first-order chi connectivity index (χ1) is 4.91. The summed E-state index contributed by atoms with van der Waals surface area (Å²) in [5.74, 6) is 0. The molecule has 0 aromatic carbocycles. The minimum Gasteiger partial charge on any atom is -0.358 e. The third-order valence-corrected chi connectivity index (χ3v) is 2.45. The van der Waals surface area contributed by atoms with Crippen LogP contribution in [-0.4, -0.2) is 28.6 Å². The molecule has 0 atom stereocenters. The highest BCUT2D eigenvalue weighted by atomic mass is 32.2. The minimum absolute atomic E-state index is 0.517. The van der Waals surface area contributed by atoms with Gasteiger partial charge in [0.1, 0.15) is 0 Å². The van der Waals surface area contributed by atoms with Gasteiger partial charge in [0.05, 0.1) is 6.54 Å². The predicted molar refractivity (Wildman–Crippen MR) is 42.8 cm³/mol. The molecule has 0 aliphatic carbocycles. The molecule has 0 aliphatic heterocycles. The Balaban J connectivity index is 2.83. The Hall–Kier alpha value is -0.0931. The van der Waals surface area contributed by atoms with Gasteiger partial charge in [0.25, 0.3) is 9.76 Å². The van der Waals surface area contributed by atoms with Crippen molar-refractivity contribution in [3.63, 3.8) is 0 Å². The molecular formula is C5H9NO2SSi. The maximum atomic E-state index is 9.57. The van der Waals surface area contributed by atoms with Crippen molar-refractivity contribution in [2.75, 3.05) is 12.8 Å². The third-order valence-electron chi connectivity index (χ3n) is 0.756. The molecule has 0 rings (SSSR count). The van der Waals surface area contributed by atoms with Gasteiger partial charge < -0.3 is 3.87 Å². The van der Waals surface area contributed by atoms with Crippen LogP contribution in [0.15, 0.2) is 4.99 Å². The van der Waals surface area contributed by atoms with Crippen molar-refractivity contribution in [3.8, 4) is 0 Å². The van der Waals surface area contributed by atoms with E-state index >= 15 is 0 Å². The van der Waals surface area contributed by atoms with Crippen LogP contribution in [0.2, 0.25) is 6.04 Å². The number of hydrogen-bond donors (Lipinski definition) is 0. The first-order valence-corrected chi connectivity index (χ1v) is 5.14. The van der Waals surface area contributed by atoms with E-state index in [1.54, 1.807) is 0 Å². The Morgan fingerprint density at radius 1 is 1.80 bits per heavy atom. The average molecular weight is 175 g/mol. The van der Waals surface area contributed by atoms with Crippen molar-refractivity contribution in [1.82, 2.24) is 0 Å². The van der Waals surface area contributed by atoms with Crippen molar-refractivity contribution < 1.29 is 8.67 Å². The molecule has 0 bridgehead atoms. The van der Waals surface area contributed by atoms with Crippen molar-refractivity contribution in [2.45, 2.75) is 12.5 Å². The molecule has 0 N–H and O–H groups in total. The van der Waals surface area contributed by atoms with E-state index in [4.69, 9.17) is 3.87 Å². The van der Waals surface area contributed by atoms with E-state index in [1.807, 2.05) is 6.26 Å². The highest BCUT2D eigenvalue weighted by Gasteiger charge is 1.89. The van der Waals surface area contributed by atoms with Crippen LogP contribution in [0.25, 0.3) is 0 Å². The van der Waals surface area contributed by atoms with Crippen LogP contribution in [0.1, 0.15) is 6.42 Å². The maximum Gasteiger partial charge on any atom is 0.251 e. The number of carbonyl (C=O) groups excluding carboxylic acids is 1. The van der Waals surface area contributed by atoms with Gasteiger partial charge in [0.15, 0.2) is 0 Å². The van der Waals surface area contributed by atoms with Crippen molar-refractivity contribution in [2.24, 2.45) is 4.99 Å². The molecule has 2 radical (unpaired) electrons. The molecule has 56 valence electrons. The molecule has 0 saturated carbocycles. The van der Waals surface area contributed by atoms with E-state index in [0.29, 0.717) is 16.3 Å². The summed E-state index contributed by atoms with van der Waals surface area (Å²) in [6.45, 7) is 0.578. The molecule has 0 aliphatic rings. The molecule has 0 aromatic rings. The first kappa shape index (κ1) is 9.91. The fourth-order valence-corrected chi connectivity index (χ4v) is 1.48. The summed E-state index contributed by atoms with van der Waals surface area (Å²) in [6, 6.07) is 0.978. The van der Waals surface area contributed by atoms with E-state index in [9.17, 15) is 4.79 Å². The Morgan fingerprint density at radius 2 is 2.60 bits per heavy atom. The Bertz CT molecular complexity index is 116. The molecule has 0 fully saturated rings. The fraction of sp³-hybridized carbons (Fsp3) is 0.800. The molecule has 5 heteroatoms. The van der Waals surface area contributed by atoms with Crippen molar-refractivity contribution >= 4 is 27.9 Å². The summed E-state index contributed by atoms with van der Waals surface area (Å²) in [5, 5.41) is 0. The largest absolute Gasteiger partial charge is 0.358 e. The summed E-state index contributed by atoms with van der Waals surface area (Å²) in [4.78, 5) is 13.0. The first-order valence-electron chi connectivity index (χ1n) is 2.88. The monoisotopic (exact) mass is 175 g/mol. The lowest BCUT2D eigenvalue weighted by molar-refractivity contribution is 0.562. The van der Waals surface area contributed by atoms with Crippen molar-refractivity contribution in [3.05, 3.63) is 0 Å². The number of rotatable bonds is 6. The number of isocyanates is 1. The Kier molecular flexibility index (Phi) is 8.82. The minimum atomic E-state index is 0.517. The number of hydrogen-bond acceptors (Lipinski definition) is 4. The fourth-order valence-electron chi connectivity index (χ4n) is 0.377. The van der Waals surface area contributed by atoms with Gasteiger partial charge in [0.2, 0.25) is 6.08 Å². The van der Waals surface area contributed by atoms with E-state index in [2.05, 4.69) is 4.99 Å². The summed E-state index contributed by atoms with van der Waals surface area (Å²) in [6.07, 6.45) is 4.29. The van der Waals surface area contributed by atoms with Crippen LogP contribution >= 0.6 is 12.0 Å². The van der Waals surface area contributed by atoms with Crippen LogP contribution in [-0.2, 0) is 8.67 Å². The quantitative estimate of drug-likeness (QED) is 0.199. The van der Waals surface area contributed by atoms with E-state index in [0.717, 1.165) is 12.5 Å². The lowest BCUT2D eigenvalue weighted by atomic mass is 10.5. The third kappa shape index (κ3) is 7.91. The van der Waals surface area contributed by atoms with E-state index < -0.39 is 0 Å². The molecule has 10 heavy (non-hydrogen) atoms. The predicted octanol–water partition coefficient (Wildman–Crippen LogP) is 1.04. The zero-order valence-corrected chi connectivity index (χ0v) is 7.61. The summed E-state index contributed by atoms with van der Waals surface area (Å²) < 4.78 is 5.02. The lowest BCUT2D eigenvalue weighted by Crippen LogP contribution is -1.91. The number of nitrogens with zero attached hydrogens (tertiary/aromatic N) is 1. The molecule has 3 nitrogen and oxygen atoms in total. The van der Waals surface area contributed by atoms with E-state index in [-0.39, 0.29) is 0 Å². The van der Waals surface area contributed by atoms with Crippen LogP contribution in [0.4, 0.5) is 0 Å². The van der Waals surface area contributed by atoms with Gasteiger partial charge in [-0.15, -0.1) is 0 Å². The Labute approximate surface area is 67.4 Å². The molecule has 0 saturated heterocycles. The van der Waals surface area contributed by atoms with Gasteiger partial charge in [-0.3, -0.25) is 0 Å². The second-order valence-electron chi connectivity index (χ2n) is 1.47. The van der Waals surface area contributed by atoms with Crippen molar-refractivity contribution in [1.29, 1.82) is 0 Å². The summed E-state index contributed by atoms with van der Waals surface area (Å²) >= 11 is 1.37. The second-order valence-corrected chi connectivity index (χ2v) is 3.26. The molecule has 0 aromatic heterocycles. The summed E-state index contributed by atoms with van der Waals surface area (Å²) in [5.41, 5.74) is 0. The van der Waals surface area contributed by atoms with Gasteiger partial charge in [-0.1, -0.05) is 0 Å². The number of aliphatic imine (C=N–C) groups is 1. The Morgan fingerprint density at radius 3 is 3.20 bits per heavy atom. The van der Waals surface area contributed by atoms with Crippen LogP contribution < -0.4 is 0 Å².